The van der Waals surface area contributed by atoms with Crippen LogP contribution in [0.2, 0.25) is 5.02 Å². The van der Waals surface area contributed by atoms with E-state index in [2.05, 4.69) is 5.32 Å². The van der Waals surface area contributed by atoms with Crippen LogP contribution in [-0.4, -0.2) is 11.7 Å². The van der Waals surface area contributed by atoms with Gasteiger partial charge in [-0.05, 0) is 35.4 Å². The van der Waals surface area contributed by atoms with Gasteiger partial charge in [-0.15, -0.1) is 0 Å². The van der Waals surface area contributed by atoms with E-state index in [1.54, 1.807) is 12.1 Å². The Labute approximate surface area is 118 Å². The second-order valence-corrected chi connectivity index (χ2v) is 4.88. The lowest BCUT2D eigenvalue weighted by Gasteiger charge is -2.12. The maximum atomic E-state index is 10.0. The van der Waals surface area contributed by atoms with Gasteiger partial charge in [0.25, 0.3) is 0 Å². The van der Waals surface area contributed by atoms with E-state index < -0.39 is 6.10 Å². The molecule has 0 aliphatic rings. The fraction of sp³-hybridized carbons (Fsp3) is 0.200. The monoisotopic (exact) mass is 276 g/mol. The highest BCUT2D eigenvalue weighted by molar-refractivity contribution is 6.30. The number of aliphatic hydroxyl groups excluding tert-OH is 1. The maximum Gasteiger partial charge on any atom is 0.0914 e. The Morgan fingerprint density at radius 2 is 1.68 bits per heavy atom. The quantitative estimate of drug-likeness (QED) is 0.736. The maximum absolute atomic E-state index is 10.0. The molecule has 100 valence electrons. The van der Waals surface area contributed by atoms with Gasteiger partial charge in [-0.1, -0.05) is 35.9 Å². The van der Waals surface area contributed by atoms with Crippen LogP contribution in [0.3, 0.4) is 0 Å². The minimum absolute atomic E-state index is 0.493. The molecule has 2 aromatic rings. The smallest absolute Gasteiger partial charge is 0.0914 e. The van der Waals surface area contributed by atoms with Crippen molar-refractivity contribution >= 4 is 17.3 Å². The molecule has 2 rings (SSSR count). The first-order valence-electron chi connectivity index (χ1n) is 6.14. The fourth-order valence-electron chi connectivity index (χ4n) is 1.79. The van der Waals surface area contributed by atoms with Crippen molar-refractivity contribution in [2.75, 3.05) is 12.3 Å². The molecule has 0 aromatic heterocycles. The first-order valence-corrected chi connectivity index (χ1v) is 6.51. The number of nitrogens with one attached hydrogen (secondary N) is 1. The highest BCUT2D eigenvalue weighted by Gasteiger charge is 2.06. The summed E-state index contributed by atoms with van der Waals surface area (Å²) in [5.74, 6) is 0. The van der Waals surface area contributed by atoms with E-state index in [0.29, 0.717) is 18.8 Å². The molecule has 3 nitrogen and oxygen atoms in total. The van der Waals surface area contributed by atoms with E-state index in [0.717, 1.165) is 16.1 Å². The lowest BCUT2D eigenvalue weighted by Crippen LogP contribution is -2.21. The zero-order valence-electron chi connectivity index (χ0n) is 10.5. The highest BCUT2D eigenvalue weighted by Crippen LogP contribution is 2.14. The number of benzene rings is 2. The Hall–Kier alpha value is -1.55. The Kier molecular flexibility index (Phi) is 4.80. The lowest BCUT2D eigenvalue weighted by molar-refractivity contribution is 0.174. The van der Waals surface area contributed by atoms with Gasteiger partial charge < -0.3 is 16.2 Å². The Bertz CT molecular complexity index is 511. The van der Waals surface area contributed by atoms with Crippen molar-refractivity contribution in [1.82, 2.24) is 5.32 Å². The number of nitrogen functional groups attached to an aromatic ring is 1. The van der Waals surface area contributed by atoms with Crippen molar-refractivity contribution in [2.24, 2.45) is 0 Å². The van der Waals surface area contributed by atoms with E-state index in [1.165, 1.54) is 0 Å². The van der Waals surface area contributed by atoms with Crippen LogP contribution < -0.4 is 11.1 Å². The second-order valence-electron chi connectivity index (χ2n) is 4.44. The first kappa shape index (κ1) is 13.9. The summed E-state index contributed by atoms with van der Waals surface area (Å²) in [6.07, 6.45) is -0.534. The van der Waals surface area contributed by atoms with Crippen LogP contribution in [0.1, 0.15) is 17.2 Å². The van der Waals surface area contributed by atoms with Crippen molar-refractivity contribution in [3.05, 3.63) is 64.7 Å². The molecule has 0 bridgehead atoms. The van der Waals surface area contributed by atoms with Crippen molar-refractivity contribution in [2.45, 2.75) is 12.6 Å². The number of aliphatic hydroxyl groups is 1. The molecule has 0 saturated heterocycles. The average molecular weight is 277 g/mol. The minimum atomic E-state index is -0.534. The van der Waals surface area contributed by atoms with Gasteiger partial charge in [0, 0.05) is 23.8 Å². The minimum Gasteiger partial charge on any atom is -0.399 e. The van der Waals surface area contributed by atoms with Crippen LogP contribution in [-0.2, 0) is 6.54 Å². The van der Waals surface area contributed by atoms with Gasteiger partial charge in [0.2, 0.25) is 0 Å². The van der Waals surface area contributed by atoms with Gasteiger partial charge in [0.1, 0.15) is 0 Å². The van der Waals surface area contributed by atoms with E-state index >= 15 is 0 Å². The molecular formula is C15H17ClN2O. The largest absolute Gasteiger partial charge is 0.399 e. The van der Waals surface area contributed by atoms with Gasteiger partial charge in [0.05, 0.1) is 6.10 Å². The molecule has 0 amide bonds. The molecule has 0 spiro atoms. The number of halogens is 1. The van der Waals surface area contributed by atoms with E-state index in [-0.39, 0.29) is 0 Å². The molecule has 1 atom stereocenters. The lowest BCUT2D eigenvalue weighted by atomic mass is 10.1. The third-order valence-corrected chi connectivity index (χ3v) is 3.15. The number of rotatable bonds is 5. The predicted molar refractivity (Wildman–Crippen MR) is 79.0 cm³/mol. The standard InChI is InChI=1S/C15H17ClN2O/c16-13-5-1-11(2-6-13)9-18-10-15(19)12-3-7-14(17)8-4-12/h1-8,15,18-19H,9-10,17H2. The van der Waals surface area contributed by atoms with Crippen LogP contribution in [0.25, 0.3) is 0 Å². The predicted octanol–water partition coefficient (Wildman–Crippen LogP) is 2.75. The molecule has 0 aliphatic heterocycles. The molecule has 0 heterocycles. The molecule has 0 fully saturated rings. The van der Waals surface area contributed by atoms with Gasteiger partial charge in [-0.2, -0.15) is 0 Å². The Morgan fingerprint density at radius 3 is 2.32 bits per heavy atom. The third kappa shape index (κ3) is 4.24. The summed E-state index contributed by atoms with van der Waals surface area (Å²) < 4.78 is 0. The molecule has 0 aliphatic carbocycles. The Balaban J connectivity index is 1.82. The number of nitrogens with two attached hydrogens (primary N) is 1. The molecule has 4 N–H and O–H groups in total. The topological polar surface area (TPSA) is 58.3 Å². The number of anilines is 1. The van der Waals surface area contributed by atoms with Crippen molar-refractivity contribution < 1.29 is 5.11 Å². The summed E-state index contributed by atoms with van der Waals surface area (Å²) >= 11 is 5.82. The van der Waals surface area contributed by atoms with E-state index in [1.807, 2.05) is 36.4 Å². The van der Waals surface area contributed by atoms with Gasteiger partial charge in [-0.25, -0.2) is 0 Å². The molecule has 0 radical (unpaired) electrons. The molecule has 4 heteroatoms. The summed E-state index contributed by atoms with van der Waals surface area (Å²) in [6.45, 7) is 1.19. The normalized spacial score (nSPS) is 12.3. The van der Waals surface area contributed by atoms with Crippen LogP contribution in [0.15, 0.2) is 48.5 Å². The van der Waals surface area contributed by atoms with E-state index in [9.17, 15) is 5.11 Å². The van der Waals surface area contributed by atoms with E-state index in [4.69, 9.17) is 17.3 Å². The summed E-state index contributed by atoms with van der Waals surface area (Å²) in [6, 6.07) is 14.9. The average Bonchev–Trinajstić information content (AvgIpc) is 2.41. The molecule has 1 unspecified atom stereocenters. The van der Waals surface area contributed by atoms with Crippen LogP contribution in [0, 0.1) is 0 Å². The Morgan fingerprint density at radius 1 is 1.05 bits per heavy atom. The molecular weight excluding hydrogens is 260 g/mol. The summed E-state index contributed by atoms with van der Waals surface area (Å²) in [4.78, 5) is 0. The van der Waals surface area contributed by atoms with Crippen molar-refractivity contribution in [1.29, 1.82) is 0 Å². The third-order valence-electron chi connectivity index (χ3n) is 2.90. The van der Waals surface area contributed by atoms with Crippen molar-refractivity contribution in [3.63, 3.8) is 0 Å². The second kappa shape index (κ2) is 6.57. The molecule has 2 aromatic carbocycles. The van der Waals surface area contributed by atoms with Gasteiger partial charge in [-0.3, -0.25) is 0 Å². The number of hydrogen-bond donors (Lipinski definition) is 3. The summed E-state index contributed by atoms with van der Waals surface area (Å²) in [7, 11) is 0. The van der Waals surface area contributed by atoms with Gasteiger partial charge >= 0.3 is 0 Å². The van der Waals surface area contributed by atoms with Crippen LogP contribution in [0.5, 0.6) is 0 Å². The molecule has 0 saturated carbocycles. The fourth-order valence-corrected chi connectivity index (χ4v) is 1.92. The summed E-state index contributed by atoms with van der Waals surface area (Å²) in [5.41, 5.74) is 8.30. The van der Waals surface area contributed by atoms with Crippen molar-refractivity contribution in [3.8, 4) is 0 Å². The molecule has 19 heavy (non-hydrogen) atoms. The number of hydrogen-bond acceptors (Lipinski definition) is 3. The zero-order chi connectivity index (χ0) is 13.7. The first-order chi connectivity index (χ1) is 9.15. The zero-order valence-corrected chi connectivity index (χ0v) is 11.3. The highest BCUT2D eigenvalue weighted by atomic mass is 35.5. The van der Waals surface area contributed by atoms with Crippen LogP contribution >= 0.6 is 11.6 Å². The van der Waals surface area contributed by atoms with Crippen LogP contribution in [0.4, 0.5) is 5.69 Å². The summed E-state index contributed by atoms with van der Waals surface area (Å²) in [5, 5.41) is 13.9. The van der Waals surface area contributed by atoms with Gasteiger partial charge in [0.15, 0.2) is 0 Å². The SMILES string of the molecule is Nc1ccc(C(O)CNCc2ccc(Cl)cc2)cc1.